The van der Waals surface area contributed by atoms with Crippen LogP contribution in [0, 0.1) is 12.7 Å². The Labute approximate surface area is 176 Å². The zero-order valence-electron chi connectivity index (χ0n) is 17.8. The summed E-state index contributed by atoms with van der Waals surface area (Å²) in [4.78, 5) is 17.4. The van der Waals surface area contributed by atoms with E-state index in [1.54, 1.807) is 12.1 Å². The van der Waals surface area contributed by atoms with Crippen LogP contribution in [0.4, 0.5) is 10.1 Å². The molecule has 4 rings (SSSR count). The lowest BCUT2D eigenvalue weighted by Crippen LogP contribution is -2.49. The third kappa shape index (κ3) is 3.51. The molecular weight excluding hydrogens is 381 g/mol. The minimum atomic E-state index is -0.218. The Morgan fingerprint density at radius 2 is 1.80 bits per heavy atom. The number of fused-ring (bicyclic) bond motifs is 1. The van der Waals surface area contributed by atoms with Crippen molar-refractivity contribution in [2.75, 3.05) is 37.7 Å². The van der Waals surface area contributed by atoms with Crippen molar-refractivity contribution in [1.29, 1.82) is 0 Å². The van der Waals surface area contributed by atoms with Gasteiger partial charge in [0.1, 0.15) is 17.3 Å². The van der Waals surface area contributed by atoms with E-state index in [1.165, 1.54) is 6.07 Å². The van der Waals surface area contributed by atoms with E-state index in [1.807, 2.05) is 47.9 Å². The van der Waals surface area contributed by atoms with E-state index in [0.29, 0.717) is 45.0 Å². The number of nitrogens with zero attached hydrogens (tertiary/aromatic N) is 3. The van der Waals surface area contributed by atoms with Gasteiger partial charge in [-0.15, -0.1) is 0 Å². The number of aryl methyl sites for hydroxylation is 2. The van der Waals surface area contributed by atoms with Gasteiger partial charge in [-0.1, -0.05) is 12.1 Å². The number of aromatic nitrogens is 1. The predicted octanol–water partition coefficient (Wildman–Crippen LogP) is 4.47. The maximum atomic E-state index is 14.1. The average molecular weight is 410 g/mol. The van der Waals surface area contributed by atoms with Gasteiger partial charge in [0.05, 0.1) is 12.3 Å². The minimum absolute atomic E-state index is 0.0386. The summed E-state index contributed by atoms with van der Waals surface area (Å²) >= 11 is 0. The first-order valence-electron chi connectivity index (χ1n) is 10.6. The van der Waals surface area contributed by atoms with Crippen LogP contribution in [0.1, 0.15) is 29.9 Å². The van der Waals surface area contributed by atoms with Crippen molar-refractivity contribution in [3.05, 3.63) is 59.5 Å². The molecule has 1 amide bonds. The van der Waals surface area contributed by atoms with Crippen molar-refractivity contribution >= 4 is 22.5 Å². The molecular formula is C24H28FN3O2. The van der Waals surface area contributed by atoms with Crippen molar-refractivity contribution in [3.63, 3.8) is 0 Å². The lowest BCUT2D eigenvalue weighted by atomic mass is 10.1. The second-order valence-corrected chi connectivity index (χ2v) is 7.56. The highest BCUT2D eigenvalue weighted by Crippen LogP contribution is 2.30. The molecule has 0 radical (unpaired) electrons. The molecule has 0 atom stereocenters. The van der Waals surface area contributed by atoms with Gasteiger partial charge in [0, 0.05) is 43.6 Å². The van der Waals surface area contributed by atoms with Crippen LogP contribution in [0.3, 0.4) is 0 Å². The van der Waals surface area contributed by atoms with E-state index in [-0.39, 0.29) is 11.7 Å². The molecule has 1 fully saturated rings. The molecule has 0 spiro atoms. The number of amides is 1. The SMILES string of the molecule is CCOc1ccc2c(c1)c(C)c(C(=O)N1CCN(c3ccccc3F)CC1)n2CC. The molecule has 1 saturated heterocycles. The summed E-state index contributed by atoms with van der Waals surface area (Å²) in [5.41, 5.74) is 3.37. The number of anilines is 1. The van der Waals surface area contributed by atoms with Crippen molar-refractivity contribution in [2.45, 2.75) is 27.3 Å². The zero-order chi connectivity index (χ0) is 21.3. The van der Waals surface area contributed by atoms with Gasteiger partial charge in [-0.25, -0.2) is 4.39 Å². The Hall–Kier alpha value is -3.02. The highest BCUT2D eigenvalue weighted by molar-refractivity contribution is 6.02. The standard InChI is InChI=1S/C24H28FN3O2/c1-4-28-21-11-10-18(30-5-2)16-19(21)17(3)23(28)24(29)27-14-12-26(13-15-27)22-9-7-6-8-20(22)25/h6-11,16H,4-5,12-15H2,1-3H3. The Kier molecular flexibility index (Phi) is 5.66. The summed E-state index contributed by atoms with van der Waals surface area (Å²) in [6, 6.07) is 12.8. The largest absolute Gasteiger partial charge is 0.494 e. The smallest absolute Gasteiger partial charge is 0.270 e. The molecule has 0 N–H and O–H groups in total. The van der Waals surface area contributed by atoms with E-state index in [2.05, 4.69) is 11.5 Å². The van der Waals surface area contributed by atoms with Gasteiger partial charge in [-0.05, 0) is 56.7 Å². The predicted molar refractivity (Wildman–Crippen MR) is 118 cm³/mol. The molecule has 0 saturated carbocycles. The van der Waals surface area contributed by atoms with Crippen LogP contribution >= 0.6 is 0 Å². The van der Waals surface area contributed by atoms with Crippen LogP contribution in [0.2, 0.25) is 0 Å². The van der Waals surface area contributed by atoms with Crippen LogP contribution in [0.25, 0.3) is 10.9 Å². The van der Waals surface area contributed by atoms with Crippen LogP contribution < -0.4 is 9.64 Å². The van der Waals surface area contributed by atoms with Gasteiger partial charge < -0.3 is 19.1 Å². The van der Waals surface area contributed by atoms with Gasteiger partial charge in [0.25, 0.3) is 5.91 Å². The normalized spacial score (nSPS) is 14.4. The van der Waals surface area contributed by atoms with Crippen LogP contribution in [0.5, 0.6) is 5.75 Å². The van der Waals surface area contributed by atoms with Crippen LogP contribution in [0.15, 0.2) is 42.5 Å². The monoisotopic (exact) mass is 409 g/mol. The molecule has 0 aliphatic carbocycles. The highest BCUT2D eigenvalue weighted by Gasteiger charge is 2.28. The summed E-state index contributed by atoms with van der Waals surface area (Å²) < 4.78 is 21.9. The van der Waals surface area contributed by atoms with Crippen molar-refractivity contribution in [1.82, 2.24) is 9.47 Å². The van der Waals surface area contributed by atoms with E-state index in [9.17, 15) is 9.18 Å². The summed E-state index contributed by atoms with van der Waals surface area (Å²) in [6.07, 6.45) is 0. The van der Waals surface area contributed by atoms with Crippen molar-refractivity contribution < 1.29 is 13.9 Å². The zero-order valence-corrected chi connectivity index (χ0v) is 17.8. The molecule has 2 heterocycles. The van der Waals surface area contributed by atoms with Gasteiger partial charge in [-0.2, -0.15) is 0 Å². The lowest BCUT2D eigenvalue weighted by molar-refractivity contribution is 0.0735. The number of para-hydroxylation sites is 1. The van der Waals surface area contributed by atoms with Crippen LogP contribution in [-0.2, 0) is 6.54 Å². The molecule has 158 valence electrons. The first-order chi connectivity index (χ1) is 14.5. The number of hydrogen-bond acceptors (Lipinski definition) is 3. The maximum Gasteiger partial charge on any atom is 0.270 e. The fourth-order valence-electron chi connectivity index (χ4n) is 4.37. The quantitative estimate of drug-likeness (QED) is 0.624. The molecule has 2 aromatic carbocycles. The summed E-state index contributed by atoms with van der Waals surface area (Å²) in [7, 11) is 0. The molecule has 0 unspecified atom stereocenters. The number of halogens is 1. The highest BCUT2D eigenvalue weighted by atomic mass is 19.1. The van der Waals surface area contributed by atoms with E-state index >= 15 is 0 Å². The number of piperazine rings is 1. The second kappa shape index (κ2) is 8.38. The van der Waals surface area contributed by atoms with Crippen molar-refractivity contribution in [3.8, 4) is 5.75 Å². The molecule has 3 aromatic rings. The van der Waals surface area contributed by atoms with E-state index < -0.39 is 0 Å². The average Bonchev–Trinajstić information content (AvgIpc) is 3.05. The number of benzene rings is 2. The Morgan fingerprint density at radius 3 is 2.47 bits per heavy atom. The topological polar surface area (TPSA) is 37.7 Å². The maximum absolute atomic E-state index is 14.1. The van der Waals surface area contributed by atoms with Gasteiger partial charge in [-0.3, -0.25) is 4.79 Å². The summed E-state index contributed by atoms with van der Waals surface area (Å²) in [5, 5.41) is 1.05. The summed E-state index contributed by atoms with van der Waals surface area (Å²) in [6.45, 7) is 9.73. The minimum Gasteiger partial charge on any atom is -0.494 e. The first-order valence-corrected chi connectivity index (χ1v) is 10.6. The van der Waals surface area contributed by atoms with Crippen molar-refractivity contribution in [2.24, 2.45) is 0 Å². The fourth-order valence-corrected chi connectivity index (χ4v) is 4.37. The lowest BCUT2D eigenvalue weighted by Gasteiger charge is -2.36. The van der Waals surface area contributed by atoms with Gasteiger partial charge in [0.15, 0.2) is 0 Å². The van der Waals surface area contributed by atoms with E-state index in [0.717, 1.165) is 27.9 Å². The molecule has 1 aromatic heterocycles. The third-order valence-corrected chi connectivity index (χ3v) is 5.88. The Balaban J connectivity index is 1.59. The molecule has 30 heavy (non-hydrogen) atoms. The summed E-state index contributed by atoms with van der Waals surface area (Å²) in [5.74, 6) is 0.639. The number of rotatable bonds is 5. The molecule has 5 nitrogen and oxygen atoms in total. The van der Waals surface area contributed by atoms with E-state index in [4.69, 9.17) is 4.74 Å². The molecule has 0 bridgehead atoms. The molecule has 6 heteroatoms. The number of carbonyl (C=O) groups is 1. The van der Waals surface area contributed by atoms with Crippen LogP contribution in [-0.4, -0.2) is 48.2 Å². The number of carbonyl (C=O) groups excluding carboxylic acids is 1. The number of ether oxygens (including phenoxy) is 1. The third-order valence-electron chi connectivity index (χ3n) is 5.88. The fraction of sp³-hybridized carbons (Fsp3) is 0.375. The number of hydrogen-bond donors (Lipinski definition) is 0. The molecule has 1 aliphatic rings. The first kappa shape index (κ1) is 20.3. The molecule has 1 aliphatic heterocycles. The Morgan fingerprint density at radius 1 is 1.07 bits per heavy atom. The van der Waals surface area contributed by atoms with Gasteiger partial charge in [0.2, 0.25) is 0 Å². The van der Waals surface area contributed by atoms with Gasteiger partial charge >= 0.3 is 0 Å². The second-order valence-electron chi connectivity index (χ2n) is 7.56. The Bertz CT molecular complexity index is 1070.